The summed E-state index contributed by atoms with van der Waals surface area (Å²) in [6.07, 6.45) is 10.9. The number of benzene rings is 1. The van der Waals surface area contributed by atoms with Gasteiger partial charge in [0.2, 0.25) is 17.7 Å². The van der Waals surface area contributed by atoms with E-state index in [0.29, 0.717) is 19.3 Å². The van der Waals surface area contributed by atoms with Gasteiger partial charge in [-0.1, -0.05) is 62.4 Å². The molecule has 1 aromatic carbocycles. The van der Waals surface area contributed by atoms with Crippen LogP contribution in [0.2, 0.25) is 0 Å². The number of hydrogen-bond acceptors (Lipinski definition) is 6. The molecule has 1 unspecified atom stereocenters. The summed E-state index contributed by atoms with van der Waals surface area (Å²) >= 11 is 0. The molecule has 12 heteroatoms. The molecule has 0 bridgehead atoms. The van der Waals surface area contributed by atoms with Gasteiger partial charge >= 0.3 is 6.18 Å². The van der Waals surface area contributed by atoms with Crippen LogP contribution in [0.4, 0.5) is 13.2 Å². The highest BCUT2D eigenvalue weighted by molar-refractivity contribution is 5.91. The van der Waals surface area contributed by atoms with Crippen molar-refractivity contribution in [1.29, 1.82) is 0 Å². The molecule has 1 aliphatic rings. The molecule has 0 aromatic heterocycles. The zero-order valence-corrected chi connectivity index (χ0v) is 29.6. The summed E-state index contributed by atoms with van der Waals surface area (Å²) in [5.74, 6) is 1.92. The molecule has 2 rings (SSSR count). The Hall–Kier alpha value is -3.58. The number of terminal acetylenes is 2. The van der Waals surface area contributed by atoms with Crippen molar-refractivity contribution in [2.45, 2.75) is 108 Å². The van der Waals surface area contributed by atoms with Crippen molar-refractivity contribution in [3.63, 3.8) is 0 Å². The third-order valence-electron chi connectivity index (χ3n) is 9.42. The maximum Gasteiger partial charge on any atom is 0.401 e. The Labute approximate surface area is 295 Å². The normalized spacial score (nSPS) is 17.3. The van der Waals surface area contributed by atoms with Gasteiger partial charge in [-0.05, 0) is 51.1 Å². The monoisotopic (exact) mass is 704 g/mol. The highest BCUT2D eigenvalue weighted by Gasteiger charge is 2.36. The number of halogens is 3. The predicted octanol–water partition coefficient (Wildman–Crippen LogP) is 3.92. The van der Waals surface area contributed by atoms with Gasteiger partial charge in [-0.2, -0.15) is 13.2 Å². The molecule has 4 N–H and O–H groups in total. The minimum absolute atomic E-state index is 0.0174. The summed E-state index contributed by atoms with van der Waals surface area (Å²) in [7, 11) is 2.78. The van der Waals surface area contributed by atoms with E-state index in [4.69, 9.17) is 12.8 Å². The number of carbonyl (C=O) groups excluding carboxylic acids is 3. The minimum atomic E-state index is -4.37. The third-order valence-corrected chi connectivity index (χ3v) is 9.42. The molecule has 0 heterocycles. The van der Waals surface area contributed by atoms with E-state index in [1.165, 1.54) is 19.0 Å². The van der Waals surface area contributed by atoms with Crippen molar-refractivity contribution in [3.8, 4) is 24.7 Å². The van der Waals surface area contributed by atoms with Gasteiger partial charge in [0.05, 0.1) is 30.7 Å². The van der Waals surface area contributed by atoms with E-state index < -0.39 is 66.6 Å². The van der Waals surface area contributed by atoms with Crippen molar-refractivity contribution in [2.75, 3.05) is 33.7 Å². The highest BCUT2D eigenvalue weighted by atomic mass is 19.4. The SMILES string of the molecule is C#CCCC[C@H](O)[C@H](O)[C@H](CC1CCCCC1)NC(=O)[C@@H](NC(=O)[C@@H](CC(=O)N(C)CCN(C)CC(F)(F)F)Cc1ccccc1)C(C)C#C. The van der Waals surface area contributed by atoms with Gasteiger partial charge in [-0.3, -0.25) is 19.3 Å². The number of unbranched alkanes of at least 4 members (excludes halogenated alkanes) is 1. The van der Waals surface area contributed by atoms with Gasteiger partial charge in [0.1, 0.15) is 6.04 Å². The fraction of sp³-hybridized carbons (Fsp3) is 0.658. The van der Waals surface area contributed by atoms with Crippen LogP contribution < -0.4 is 10.6 Å². The molecule has 9 nitrogen and oxygen atoms in total. The standard InChI is InChI=1S/C38H55F3N4O5/c1-6-8-11-20-32(46)35(48)31(24-29-18-14-10-15-19-29)42-37(50)34(27(3)7-2)43-36(49)30(23-28-16-12-9-13-17-28)25-33(47)45(5)22-21-44(4)26-38(39,40)41/h1-2,9,12-13,16-17,27,29-32,34-35,46,48H,8,10-11,14-15,18-26H2,3-5H3,(H,42,50)(H,43,49)/t27?,30-,31+,32+,34+,35-/m1/s1. The summed E-state index contributed by atoms with van der Waals surface area (Å²) in [5, 5.41) is 27.7. The van der Waals surface area contributed by atoms with E-state index in [0.717, 1.165) is 42.6 Å². The second-order valence-corrected chi connectivity index (χ2v) is 13.7. The fourth-order valence-electron chi connectivity index (χ4n) is 6.33. The summed E-state index contributed by atoms with van der Waals surface area (Å²) < 4.78 is 38.3. The van der Waals surface area contributed by atoms with Crippen LogP contribution in [0.1, 0.15) is 76.7 Å². The number of amides is 3. The molecule has 278 valence electrons. The Morgan fingerprint density at radius 2 is 1.66 bits per heavy atom. The maximum atomic E-state index is 13.9. The number of likely N-dealkylation sites (N-methyl/N-ethyl adjacent to an activating group) is 2. The summed E-state index contributed by atoms with van der Waals surface area (Å²) in [5.41, 5.74) is 0.772. The first kappa shape index (κ1) is 42.6. The number of alkyl halides is 3. The second kappa shape index (κ2) is 21.6. The minimum Gasteiger partial charge on any atom is -0.390 e. The number of nitrogens with zero attached hydrogens (tertiary/aromatic N) is 2. The molecule has 1 aliphatic carbocycles. The topological polar surface area (TPSA) is 122 Å². The summed E-state index contributed by atoms with van der Waals surface area (Å²) in [6.45, 7) is 0.484. The van der Waals surface area contributed by atoms with Crippen LogP contribution >= 0.6 is 0 Å². The van der Waals surface area contributed by atoms with Crippen molar-refractivity contribution < 1.29 is 37.8 Å². The van der Waals surface area contributed by atoms with Gasteiger partial charge in [-0.25, -0.2) is 0 Å². The fourth-order valence-corrected chi connectivity index (χ4v) is 6.33. The molecule has 0 saturated heterocycles. The van der Waals surface area contributed by atoms with Crippen LogP contribution in [0.5, 0.6) is 0 Å². The molecule has 0 spiro atoms. The first-order chi connectivity index (χ1) is 23.6. The molecule has 0 radical (unpaired) electrons. The van der Waals surface area contributed by atoms with E-state index in [2.05, 4.69) is 22.5 Å². The maximum absolute atomic E-state index is 13.9. The van der Waals surface area contributed by atoms with Crippen LogP contribution in [0, 0.1) is 42.4 Å². The van der Waals surface area contributed by atoms with Gasteiger partial charge in [0, 0.05) is 38.9 Å². The van der Waals surface area contributed by atoms with Gasteiger partial charge in [0.25, 0.3) is 0 Å². The van der Waals surface area contributed by atoms with E-state index in [1.54, 1.807) is 31.2 Å². The smallest absolute Gasteiger partial charge is 0.390 e. The quantitative estimate of drug-likeness (QED) is 0.121. The molecule has 50 heavy (non-hydrogen) atoms. The Bertz CT molecular complexity index is 1280. The molecular weight excluding hydrogens is 649 g/mol. The van der Waals surface area contributed by atoms with Gasteiger partial charge < -0.3 is 25.7 Å². The summed E-state index contributed by atoms with van der Waals surface area (Å²) in [4.78, 5) is 43.4. The average molecular weight is 705 g/mol. The van der Waals surface area contributed by atoms with Crippen LogP contribution in [-0.4, -0.2) is 102 Å². The Morgan fingerprint density at radius 1 is 1.00 bits per heavy atom. The predicted molar refractivity (Wildman–Crippen MR) is 187 cm³/mol. The number of aliphatic hydroxyl groups is 2. The van der Waals surface area contributed by atoms with E-state index in [9.17, 15) is 37.8 Å². The van der Waals surface area contributed by atoms with Crippen LogP contribution in [0.15, 0.2) is 30.3 Å². The molecule has 3 amide bonds. The molecular formula is C38H55F3N4O5. The largest absolute Gasteiger partial charge is 0.401 e. The first-order valence-electron chi connectivity index (χ1n) is 17.5. The zero-order chi connectivity index (χ0) is 37.3. The van der Waals surface area contributed by atoms with Crippen molar-refractivity contribution in [1.82, 2.24) is 20.4 Å². The molecule has 0 aliphatic heterocycles. The number of hydrogen-bond donors (Lipinski definition) is 4. The Kier molecular flexibility index (Phi) is 18.4. The van der Waals surface area contributed by atoms with Gasteiger partial charge in [0.15, 0.2) is 0 Å². The van der Waals surface area contributed by atoms with Crippen molar-refractivity contribution >= 4 is 17.7 Å². The number of rotatable bonds is 20. The van der Waals surface area contributed by atoms with E-state index in [1.807, 2.05) is 6.07 Å². The van der Waals surface area contributed by atoms with Crippen LogP contribution in [0.25, 0.3) is 0 Å². The number of nitrogens with one attached hydrogen (secondary N) is 2. The Morgan fingerprint density at radius 3 is 2.26 bits per heavy atom. The van der Waals surface area contributed by atoms with Crippen molar-refractivity contribution in [3.05, 3.63) is 35.9 Å². The zero-order valence-electron chi connectivity index (χ0n) is 29.6. The van der Waals surface area contributed by atoms with E-state index in [-0.39, 0.29) is 38.3 Å². The summed E-state index contributed by atoms with van der Waals surface area (Å²) in [6, 6.07) is 7.00. The lowest BCUT2D eigenvalue weighted by Gasteiger charge is -2.34. The molecule has 6 atom stereocenters. The van der Waals surface area contributed by atoms with E-state index >= 15 is 0 Å². The lowest BCUT2D eigenvalue weighted by atomic mass is 9.82. The lowest BCUT2D eigenvalue weighted by molar-refractivity contribution is -0.144. The van der Waals surface area contributed by atoms with Crippen molar-refractivity contribution in [2.24, 2.45) is 17.8 Å². The number of carbonyl (C=O) groups is 3. The molecule has 1 aromatic rings. The number of aliphatic hydroxyl groups excluding tert-OH is 2. The van der Waals surface area contributed by atoms with Crippen LogP contribution in [-0.2, 0) is 20.8 Å². The van der Waals surface area contributed by atoms with Crippen LogP contribution in [0.3, 0.4) is 0 Å². The lowest BCUT2D eigenvalue weighted by Crippen LogP contribution is -2.57. The molecule has 1 saturated carbocycles. The highest BCUT2D eigenvalue weighted by Crippen LogP contribution is 2.29. The van der Waals surface area contributed by atoms with Gasteiger partial charge in [-0.15, -0.1) is 24.7 Å². The average Bonchev–Trinajstić information content (AvgIpc) is 3.08. The Balaban J connectivity index is 2.25. The third kappa shape index (κ3) is 15.5. The molecule has 1 fully saturated rings. The first-order valence-corrected chi connectivity index (χ1v) is 17.5. The second-order valence-electron chi connectivity index (χ2n) is 13.7.